The van der Waals surface area contributed by atoms with Gasteiger partial charge in [-0.1, -0.05) is 26.2 Å². The molecule has 0 aliphatic heterocycles. The molecule has 3 N–H and O–H groups in total. The Bertz CT molecular complexity index is 457. The predicted molar refractivity (Wildman–Crippen MR) is 113 cm³/mol. The van der Waals surface area contributed by atoms with Crippen LogP contribution >= 0.6 is 24.0 Å². The first kappa shape index (κ1) is 23.9. The minimum absolute atomic E-state index is 0. The highest BCUT2D eigenvalue weighted by molar-refractivity contribution is 14.0. The predicted octanol–water partition coefficient (Wildman–Crippen LogP) is 2.32. The molecule has 0 aromatic carbocycles. The maximum Gasteiger partial charge on any atom is 0.211 e. The molecule has 0 amide bonds. The number of halogens is 1. The van der Waals surface area contributed by atoms with Crippen LogP contribution in [0.15, 0.2) is 4.99 Å². The van der Waals surface area contributed by atoms with Crippen molar-refractivity contribution in [3.63, 3.8) is 0 Å². The Morgan fingerprint density at radius 2 is 1.92 bits per heavy atom. The van der Waals surface area contributed by atoms with Crippen molar-refractivity contribution in [1.82, 2.24) is 15.4 Å². The van der Waals surface area contributed by atoms with Crippen molar-refractivity contribution in [1.29, 1.82) is 0 Å². The molecule has 0 bridgehead atoms. The first-order valence-corrected chi connectivity index (χ1v) is 10.6. The van der Waals surface area contributed by atoms with Crippen molar-refractivity contribution in [2.24, 2.45) is 16.8 Å². The Morgan fingerprint density at radius 3 is 2.54 bits per heavy atom. The van der Waals surface area contributed by atoms with Gasteiger partial charge < -0.3 is 10.6 Å². The molecule has 2 unspecified atom stereocenters. The average molecular weight is 474 g/mol. The topological polar surface area (TPSA) is 82.6 Å². The summed E-state index contributed by atoms with van der Waals surface area (Å²) in [5.74, 6) is 2.55. The molecule has 1 aliphatic carbocycles. The van der Waals surface area contributed by atoms with Gasteiger partial charge in [0.25, 0.3) is 0 Å². The van der Waals surface area contributed by atoms with Gasteiger partial charge in [-0.15, -0.1) is 24.0 Å². The van der Waals surface area contributed by atoms with E-state index in [1.54, 1.807) is 6.92 Å². The van der Waals surface area contributed by atoms with Gasteiger partial charge in [0.2, 0.25) is 10.0 Å². The van der Waals surface area contributed by atoms with Crippen LogP contribution in [0.1, 0.15) is 52.9 Å². The molecule has 1 aliphatic rings. The highest BCUT2D eigenvalue weighted by Gasteiger charge is 2.18. The van der Waals surface area contributed by atoms with Crippen molar-refractivity contribution in [3.05, 3.63) is 0 Å². The van der Waals surface area contributed by atoms with Crippen LogP contribution in [0.3, 0.4) is 0 Å². The Morgan fingerprint density at radius 1 is 1.17 bits per heavy atom. The van der Waals surface area contributed by atoms with Crippen molar-refractivity contribution in [2.75, 3.05) is 31.9 Å². The number of aliphatic imine (C=N–C) groups is 1. The number of nitrogens with one attached hydrogen (secondary N) is 3. The number of sulfonamides is 1. The van der Waals surface area contributed by atoms with Crippen LogP contribution < -0.4 is 15.4 Å². The van der Waals surface area contributed by atoms with Crippen molar-refractivity contribution in [2.45, 2.75) is 52.9 Å². The third kappa shape index (κ3) is 10.7. The molecule has 0 saturated heterocycles. The molecule has 0 aromatic heterocycles. The van der Waals surface area contributed by atoms with E-state index in [2.05, 4.69) is 27.3 Å². The molecule has 0 spiro atoms. The van der Waals surface area contributed by atoms with E-state index >= 15 is 0 Å². The molecule has 6 nitrogen and oxygen atoms in total. The maximum absolute atomic E-state index is 11.4. The van der Waals surface area contributed by atoms with E-state index in [-0.39, 0.29) is 29.7 Å². The lowest BCUT2D eigenvalue weighted by Crippen LogP contribution is -2.41. The number of hydrogen-bond donors (Lipinski definition) is 3. The van der Waals surface area contributed by atoms with Crippen molar-refractivity contribution >= 4 is 40.0 Å². The minimum Gasteiger partial charge on any atom is -0.357 e. The van der Waals surface area contributed by atoms with E-state index in [1.165, 1.54) is 25.7 Å². The standard InChI is InChI=1S/C16H34N4O2S.HI/c1-4-17-16(19-11-12-20-23(21,22)5-2)18-10-9-15-8-6-7-14(3)13-15;/h14-15,20H,4-13H2,1-3H3,(H2,17,18,19);1H. The molecule has 0 aromatic rings. The van der Waals surface area contributed by atoms with Gasteiger partial charge in [0.05, 0.1) is 5.75 Å². The fourth-order valence-corrected chi connectivity index (χ4v) is 3.63. The van der Waals surface area contributed by atoms with E-state index < -0.39 is 10.0 Å². The van der Waals surface area contributed by atoms with Gasteiger partial charge in [-0.05, 0) is 38.5 Å². The third-order valence-electron chi connectivity index (χ3n) is 4.32. The van der Waals surface area contributed by atoms with Crippen LogP contribution in [-0.4, -0.2) is 46.3 Å². The number of hydrogen-bond acceptors (Lipinski definition) is 3. The molecule has 24 heavy (non-hydrogen) atoms. The molecule has 2 atom stereocenters. The molecule has 1 fully saturated rings. The zero-order chi connectivity index (χ0) is 17.1. The Balaban J connectivity index is 0.00000529. The zero-order valence-electron chi connectivity index (χ0n) is 15.3. The second-order valence-electron chi connectivity index (χ2n) is 6.41. The van der Waals surface area contributed by atoms with Crippen LogP contribution in [0, 0.1) is 11.8 Å². The van der Waals surface area contributed by atoms with Crippen molar-refractivity contribution < 1.29 is 8.42 Å². The van der Waals surface area contributed by atoms with Crippen LogP contribution in [0.4, 0.5) is 0 Å². The fourth-order valence-electron chi connectivity index (χ4n) is 3.01. The summed E-state index contributed by atoms with van der Waals surface area (Å²) >= 11 is 0. The van der Waals surface area contributed by atoms with Gasteiger partial charge in [0, 0.05) is 26.2 Å². The number of nitrogens with zero attached hydrogens (tertiary/aromatic N) is 1. The monoisotopic (exact) mass is 474 g/mol. The lowest BCUT2D eigenvalue weighted by atomic mass is 9.81. The SMILES string of the molecule is CCNC(=NCCC1CCCC(C)C1)NCCNS(=O)(=O)CC.I. The summed E-state index contributed by atoms with van der Waals surface area (Å²) in [6.45, 7) is 8.54. The Hall–Kier alpha value is -0.0900. The molecule has 1 saturated carbocycles. The lowest BCUT2D eigenvalue weighted by Gasteiger charge is -2.26. The second-order valence-corrected chi connectivity index (χ2v) is 8.51. The Labute approximate surface area is 165 Å². The summed E-state index contributed by atoms with van der Waals surface area (Å²) in [7, 11) is -3.12. The summed E-state index contributed by atoms with van der Waals surface area (Å²) < 4.78 is 25.3. The first-order valence-electron chi connectivity index (χ1n) is 8.96. The quantitative estimate of drug-likeness (QED) is 0.207. The second kappa shape index (κ2) is 13.2. The maximum atomic E-state index is 11.4. The summed E-state index contributed by atoms with van der Waals surface area (Å²) in [4.78, 5) is 4.60. The van der Waals surface area contributed by atoms with Crippen LogP contribution in [-0.2, 0) is 10.0 Å². The van der Waals surface area contributed by atoms with Crippen LogP contribution in [0.2, 0.25) is 0 Å². The molecule has 144 valence electrons. The molecular formula is C16H35IN4O2S. The zero-order valence-corrected chi connectivity index (χ0v) is 18.5. The van der Waals surface area contributed by atoms with Crippen LogP contribution in [0.5, 0.6) is 0 Å². The number of guanidine groups is 1. The van der Waals surface area contributed by atoms with E-state index in [0.29, 0.717) is 13.1 Å². The van der Waals surface area contributed by atoms with Gasteiger partial charge in [-0.25, -0.2) is 13.1 Å². The van der Waals surface area contributed by atoms with E-state index in [1.807, 2.05) is 6.92 Å². The largest absolute Gasteiger partial charge is 0.357 e. The third-order valence-corrected chi connectivity index (χ3v) is 5.72. The highest BCUT2D eigenvalue weighted by atomic mass is 127. The molecular weight excluding hydrogens is 439 g/mol. The van der Waals surface area contributed by atoms with Crippen molar-refractivity contribution in [3.8, 4) is 0 Å². The van der Waals surface area contributed by atoms with Gasteiger partial charge in [0.1, 0.15) is 0 Å². The van der Waals surface area contributed by atoms with E-state index in [0.717, 1.165) is 37.3 Å². The molecule has 1 rings (SSSR count). The Kier molecular flexibility index (Phi) is 13.1. The molecule has 0 heterocycles. The normalized spacial score (nSPS) is 21.9. The highest BCUT2D eigenvalue weighted by Crippen LogP contribution is 2.30. The first-order chi connectivity index (χ1) is 11.0. The van der Waals surface area contributed by atoms with Gasteiger partial charge in [-0.2, -0.15) is 0 Å². The average Bonchev–Trinajstić information content (AvgIpc) is 2.51. The lowest BCUT2D eigenvalue weighted by molar-refractivity contribution is 0.272. The smallest absolute Gasteiger partial charge is 0.211 e. The van der Waals surface area contributed by atoms with Gasteiger partial charge in [0.15, 0.2) is 5.96 Å². The van der Waals surface area contributed by atoms with Gasteiger partial charge >= 0.3 is 0 Å². The summed E-state index contributed by atoms with van der Waals surface area (Å²) in [5, 5.41) is 6.38. The fraction of sp³-hybridized carbons (Fsp3) is 0.938. The van der Waals surface area contributed by atoms with Gasteiger partial charge in [-0.3, -0.25) is 4.99 Å². The summed E-state index contributed by atoms with van der Waals surface area (Å²) in [6.07, 6.45) is 6.54. The summed E-state index contributed by atoms with van der Waals surface area (Å²) in [5.41, 5.74) is 0. The minimum atomic E-state index is -3.12. The molecule has 0 radical (unpaired) electrons. The molecule has 8 heteroatoms. The van der Waals surface area contributed by atoms with Crippen LogP contribution in [0.25, 0.3) is 0 Å². The summed E-state index contributed by atoms with van der Waals surface area (Å²) in [6, 6.07) is 0. The van der Waals surface area contributed by atoms with E-state index in [4.69, 9.17) is 0 Å². The number of rotatable bonds is 9. The van der Waals surface area contributed by atoms with E-state index in [9.17, 15) is 8.42 Å².